The summed E-state index contributed by atoms with van der Waals surface area (Å²) in [6.45, 7) is 4.10. The Balaban J connectivity index is 1.51. The maximum atomic E-state index is 12.6. The summed E-state index contributed by atoms with van der Waals surface area (Å²) >= 11 is 0. The molecule has 3 rings (SSSR count). The molecule has 8 heteroatoms. The van der Waals surface area contributed by atoms with Crippen LogP contribution in [0, 0.1) is 13.8 Å². The number of benzene rings is 1. The summed E-state index contributed by atoms with van der Waals surface area (Å²) in [5.74, 6) is -0.892. The Morgan fingerprint density at radius 1 is 1.13 bits per heavy atom. The number of hydrogen-bond acceptors (Lipinski definition) is 5. The minimum absolute atomic E-state index is 0.201. The summed E-state index contributed by atoms with van der Waals surface area (Å²) in [6.07, 6.45) is 2.52. The molecule has 0 aliphatic heterocycles. The SMILES string of the molecule is COC(=O)c1cccc(NC(=O)CCCNC(=O)c2c(C)nc3c(C)cccn23)c1. The highest BCUT2D eigenvalue weighted by molar-refractivity contribution is 5.95. The van der Waals surface area contributed by atoms with Gasteiger partial charge in [0, 0.05) is 24.8 Å². The van der Waals surface area contributed by atoms with Crippen molar-refractivity contribution >= 4 is 29.1 Å². The lowest BCUT2D eigenvalue weighted by molar-refractivity contribution is -0.116. The number of rotatable bonds is 7. The Morgan fingerprint density at radius 3 is 2.70 bits per heavy atom. The molecule has 0 saturated heterocycles. The molecule has 0 unspecified atom stereocenters. The zero-order valence-corrected chi connectivity index (χ0v) is 17.2. The molecule has 0 spiro atoms. The molecule has 2 amide bonds. The number of imidazole rings is 1. The van der Waals surface area contributed by atoms with Crippen LogP contribution >= 0.6 is 0 Å². The number of nitrogens with zero attached hydrogens (tertiary/aromatic N) is 2. The number of ether oxygens (including phenoxy) is 1. The zero-order chi connectivity index (χ0) is 21.7. The molecule has 0 atom stereocenters. The van der Waals surface area contributed by atoms with E-state index in [2.05, 4.69) is 20.4 Å². The fraction of sp³-hybridized carbons (Fsp3) is 0.273. The second-order valence-electron chi connectivity index (χ2n) is 6.91. The number of esters is 1. The summed E-state index contributed by atoms with van der Waals surface area (Å²) in [7, 11) is 1.30. The predicted molar refractivity (Wildman–Crippen MR) is 113 cm³/mol. The third-order valence-electron chi connectivity index (χ3n) is 4.67. The largest absolute Gasteiger partial charge is 0.465 e. The van der Waals surface area contributed by atoms with Gasteiger partial charge in [-0.25, -0.2) is 9.78 Å². The molecule has 2 heterocycles. The Bertz CT molecular complexity index is 1100. The van der Waals surface area contributed by atoms with Gasteiger partial charge >= 0.3 is 5.97 Å². The van der Waals surface area contributed by atoms with Gasteiger partial charge in [0.15, 0.2) is 0 Å². The van der Waals surface area contributed by atoms with E-state index in [1.54, 1.807) is 35.6 Å². The minimum Gasteiger partial charge on any atom is -0.465 e. The zero-order valence-electron chi connectivity index (χ0n) is 17.2. The molecular weight excluding hydrogens is 384 g/mol. The summed E-state index contributed by atoms with van der Waals surface area (Å²) in [4.78, 5) is 40.8. The number of nitrogens with one attached hydrogen (secondary N) is 2. The van der Waals surface area contributed by atoms with Gasteiger partial charge in [-0.15, -0.1) is 0 Å². The van der Waals surface area contributed by atoms with Crippen molar-refractivity contribution in [2.24, 2.45) is 0 Å². The number of fused-ring (bicyclic) bond motifs is 1. The van der Waals surface area contributed by atoms with E-state index in [0.717, 1.165) is 11.2 Å². The normalized spacial score (nSPS) is 10.6. The smallest absolute Gasteiger partial charge is 0.337 e. The Hall–Kier alpha value is -3.68. The van der Waals surface area contributed by atoms with Crippen LogP contribution in [0.5, 0.6) is 0 Å². The summed E-state index contributed by atoms with van der Waals surface area (Å²) in [6, 6.07) is 10.4. The first kappa shape index (κ1) is 21.0. The van der Waals surface area contributed by atoms with Gasteiger partial charge in [-0.05, 0) is 50.1 Å². The van der Waals surface area contributed by atoms with Crippen LogP contribution in [-0.2, 0) is 9.53 Å². The average molecular weight is 408 g/mol. The molecule has 0 fully saturated rings. The van der Waals surface area contributed by atoms with Gasteiger partial charge in [-0.2, -0.15) is 0 Å². The third kappa shape index (κ3) is 4.65. The minimum atomic E-state index is -0.466. The first-order chi connectivity index (χ1) is 14.4. The number of aromatic nitrogens is 2. The lowest BCUT2D eigenvalue weighted by Crippen LogP contribution is -2.27. The molecule has 0 radical (unpaired) electrons. The van der Waals surface area contributed by atoms with Crippen molar-refractivity contribution < 1.29 is 19.1 Å². The first-order valence-electron chi connectivity index (χ1n) is 9.61. The maximum Gasteiger partial charge on any atom is 0.337 e. The molecule has 156 valence electrons. The molecule has 0 aliphatic rings. The van der Waals surface area contributed by atoms with Crippen LogP contribution in [0.1, 0.15) is 44.9 Å². The van der Waals surface area contributed by atoms with Crippen molar-refractivity contribution in [3.63, 3.8) is 0 Å². The van der Waals surface area contributed by atoms with E-state index in [1.807, 2.05) is 25.3 Å². The monoisotopic (exact) mass is 408 g/mol. The van der Waals surface area contributed by atoms with E-state index >= 15 is 0 Å². The van der Waals surface area contributed by atoms with Gasteiger partial charge in [-0.1, -0.05) is 12.1 Å². The quantitative estimate of drug-likeness (QED) is 0.462. The molecule has 2 aromatic heterocycles. The molecule has 8 nitrogen and oxygen atoms in total. The van der Waals surface area contributed by atoms with E-state index in [9.17, 15) is 14.4 Å². The summed E-state index contributed by atoms with van der Waals surface area (Å²) in [5, 5.41) is 5.59. The van der Waals surface area contributed by atoms with Gasteiger partial charge in [0.25, 0.3) is 5.91 Å². The fourth-order valence-electron chi connectivity index (χ4n) is 3.19. The van der Waals surface area contributed by atoms with Crippen LogP contribution in [-0.4, -0.2) is 40.8 Å². The number of hydrogen-bond donors (Lipinski definition) is 2. The van der Waals surface area contributed by atoms with Crippen molar-refractivity contribution in [3.05, 3.63) is 65.1 Å². The van der Waals surface area contributed by atoms with Crippen molar-refractivity contribution in [2.45, 2.75) is 26.7 Å². The van der Waals surface area contributed by atoms with Gasteiger partial charge < -0.3 is 15.4 Å². The molecular formula is C22H24N4O4. The Morgan fingerprint density at radius 2 is 1.93 bits per heavy atom. The summed E-state index contributed by atoms with van der Waals surface area (Å²) in [5.41, 5.74) is 3.79. The number of pyridine rings is 1. The third-order valence-corrected chi connectivity index (χ3v) is 4.67. The lowest BCUT2D eigenvalue weighted by atomic mass is 10.2. The highest BCUT2D eigenvalue weighted by Crippen LogP contribution is 2.15. The van der Waals surface area contributed by atoms with Gasteiger partial charge in [-0.3, -0.25) is 14.0 Å². The van der Waals surface area contributed by atoms with Crippen molar-refractivity contribution in [3.8, 4) is 0 Å². The van der Waals surface area contributed by atoms with Crippen LogP contribution in [0.25, 0.3) is 5.65 Å². The topological polar surface area (TPSA) is 102 Å². The predicted octanol–water partition coefficient (Wildman–Crippen LogP) is 2.89. The molecule has 30 heavy (non-hydrogen) atoms. The number of carbonyl (C=O) groups is 3. The molecule has 0 bridgehead atoms. The number of methoxy groups -OCH3 is 1. The van der Waals surface area contributed by atoms with Gasteiger partial charge in [0.05, 0.1) is 18.4 Å². The number of anilines is 1. The summed E-state index contributed by atoms with van der Waals surface area (Å²) < 4.78 is 6.45. The van der Waals surface area contributed by atoms with E-state index in [-0.39, 0.29) is 18.2 Å². The van der Waals surface area contributed by atoms with Crippen LogP contribution in [0.3, 0.4) is 0 Å². The number of amides is 2. The van der Waals surface area contributed by atoms with Crippen LogP contribution in [0.4, 0.5) is 5.69 Å². The van der Waals surface area contributed by atoms with Crippen molar-refractivity contribution in [2.75, 3.05) is 19.0 Å². The standard InChI is InChI=1S/C22H24N4O4/c1-14-7-6-12-26-19(15(2)24-20(14)26)21(28)23-11-5-10-18(27)25-17-9-4-8-16(13-17)22(29)30-3/h4,6-9,12-13H,5,10-11H2,1-3H3,(H,23,28)(H,25,27). The van der Waals surface area contributed by atoms with Gasteiger partial charge in [0.2, 0.25) is 5.91 Å². The molecule has 2 N–H and O–H groups in total. The van der Waals surface area contributed by atoms with Crippen LogP contribution < -0.4 is 10.6 Å². The first-order valence-corrected chi connectivity index (χ1v) is 9.61. The van der Waals surface area contributed by atoms with Gasteiger partial charge in [0.1, 0.15) is 11.3 Å². The molecule has 3 aromatic rings. The highest BCUT2D eigenvalue weighted by Gasteiger charge is 2.17. The van der Waals surface area contributed by atoms with Crippen molar-refractivity contribution in [1.82, 2.24) is 14.7 Å². The van der Waals surface area contributed by atoms with E-state index in [0.29, 0.717) is 35.6 Å². The van der Waals surface area contributed by atoms with Crippen molar-refractivity contribution in [1.29, 1.82) is 0 Å². The number of carbonyl (C=O) groups excluding carboxylic acids is 3. The second-order valence-corrected chi connectivity index (χ2v) is 6.91. The molecule has 1 aromatic carbocycles. The lowest BCUT2D eigenvalue weighted by Gasteiger charge is -2.08. The highest BCUT2D eigenvalue weighted by atomic mass is 16.5. The van der Waals surface area contributed by atoms with E-state index in [4.69, 9.17) is 0 Å². The second kappa shape index (κ2) is 9.21. The fourth-order valence-corrected chi connectivity index (χ4v) is 3.19. The van der Waals surface area contributed by atoms with Crippen LogP contribution in [0.2, 0.25) is 0 Å². The number of aryl methyl sites for hydroxylation is 2. The average Bonchev–Trinajstić information content (AvgIpc) is 3.08. The Labute approximate surface area is 174 Å². The molecule has 0 aliphatic carbocycles. The van der Waals surface area contributed by atoms with E-state index in [1.165, 1.54) is 7.11 Å². The van der Waals surface area contributed by atoms with Crippen LogP contribution in [0.15, 0.2) is 42.6 Å². The maximum absolute atomic E-state index is 12.6. The van der Waals surface area contributed by atoms with E-state index < -0.39 is 5.97 Å². The molecule has 0 saturated carbocycles. The Kier molecular flexibility index (Phi) is 6.46.